The van der Waals surface area contributed by atoms with Crippen molar-refractivity contribution in [2.75, 3.05) is 17.6 Å². The fourth-order valence-corrected chi connectivity index (χ4v) is 1.28. The number of nitrogens with one attached hydrogen (secondary N) is 1. The molecule has 0 aromatic carbocycles. The third-order valence-electron chi connectivity index (χ3n) is 2.15. The lowest BCUT2D eigenvalue weighted by Gasteiger charge is -2.05. The summed E-state index contributed by atoms with van der Waals surface area (Å²) in [5.74, 6) is 1.73. The van der Waals surface area contributed by atoms with E-state index in [1.165, 1.54) is 0 Å². The van der Waals surface area contributed by atoms with Crippen LogP contribution in [0.3, 0.4) is 0 Å². The molecule has 1 amide bonds. The molecule has 0 radical (unpaired) electrons. The standard InChI is InChI=1S/C9H13N5O/c10-6-3-8(12-4-7(11)15)14-9(13-6)5-1-2-5/h3,5H,1-2,4H2,(H2,11,15)(H3,10,12,13,14). The number of carbonyl (C=O) groups excluding carboxylic acids is 1. The van der Waals surface area contributed by atoms with Gasteiger partial charge in [0.05, 0.1) is 6.54 Å². The van der Waals surface area contributed by atoms with Crippen molar-refractivity contribution >= 4 is 17.5 Å². The Balaban J connectivity index is 2.12. The number of nitrogens with zero attached hydrogens (tertiary/aromatic N) is 2. The minimum absolute atomic E-state index is 0.0561. The number of hydrogen-bond donors (Lipinski definition) is 3. The van der Waals surface area contributed by atoms with Crippen molar-refractivity contribution in [1.29, 1.82) is 0 Å². The van der Waals surface area contributed by atoms with Gasteiger partial charge in [-0.15, -0.1) is 0 Å². The van der Waals surface area contributed by atoms with Crippen LogP contribution in [0.25, 0.3) is 0 Å². The Morgan fingerprint density at radius 3 is 2.87 bits per heavy atom. The topological polar surface area (TPSA) is 107 Å². The normalized spacial score (nSPS) is 14.9. The Morgan fingerprint density at radius 2 is 2.27 bits per heavy atom. The summed E-state index contributed by atoms with van der Waals surface area (Å²) in [7, 11) is 0. The summed E-state index contributed by atoms with van der Waals surface area (Å²) >= 11 is 0. The maximum absolute atomic E-state index is 10.6. The van der Waals surface area contributed by atoms with Crippen LogP contribution in [0, 0.1) is 0 Å². The average molecular weight is 207 g/mol. The number of carbonyl (C=O) groups is 1. The van der Waals surface area contributed by atoms with Crippen molar-refractivity contribution in [1.82, 2.24) is 9.97 Å². The zero-order valence-electron chi connectivity index (χ0n) is 8.23. The molecule has 1 fully saturated rings. The van der Waals surface area contributed by atoms with E-state index in [2.05, 4.69) is 15.3 Å². The van der Waals surface area contributed by atoms with Gasteiger partial charge >= 0.3 is 0 Å². The molecule has 1 heterocycles. The molecule has 1 aromatic heterocycles. The highest BCUT2D eigenvalue weighted by Gasteiger charge is 2.27. The van der Waals surface area contributed by atoms with Crippen LogP contribution in [-0.4, -0.2) is 22.4 Å². The Bertz CT molecular complexity index is 388. The van der Waals surface area contributed by atoms with E-state index in [-0.39, 0.29) is 6.54 Å². The molecule has 1 aromatic rings. The summed E-state index contributed by atoms with van der Waals surface area (Å²) in [5.41, 5.74) is 10.6. The molecule has 6 heteroatoms. The van der Waals surface area contributed by atoms with E-state index in [0.29, 0.717) is 17.6 Å². The molecule has 0 saturated heterocycles. The number of nitrogen functional groups attached to an aromatic ring is 1. The maximum atomic E-state index is 10.6. The number of nitrogens with two attached hydrogens (primary N) is 2. The Hall–Kier alpha value is -1.85. The van der Waals surface area contributed by atoms with Crippen molar-refractivity contribution in [2.24, 2.45) is 5.73 Å². The Kier molecular flexibility index (Phi) is 2.40. The van der Waals surface area contributed by atoms with Crippen LogP contribution in [0.4, 0.5) is 11.6 Å². The predicted molar refractivity (Wildman–Crippen MR) is 56.1 cm³/mol. The number of anilines is 2. The van der Waals surface area contributed by atoms with Gasteiger partial charge in [-0.05, 0) is 12.8 Å². The first-order valence-electron chi connectivity index (χ1n) is 4.82. The van der Waals surface area contributed by atoms with Crippen LogP contribution in [0.2, 0.25) is 0 Å². The van der Waals surface area contributed by atoms with Gasteiger partial charge in [-0.1, -0.05) is 0 Å². The molecule has 5 N–H and O–H groups in total. The number of primary amides is 1. The summed E-state index contributed by atoms with van der Waals surface area (Å²) in [4.78, 5) is 19.0. The number of aromatic nitrogens is 2. The van der Waals surface area contributed by atoms with E-state index in [0.717, 1.165) is 18.7 Å². The maximum Gasteiger partial charge on any atom is 0.236 e. The van der Waals surface area contributed by atoms with E-state index in [1.54, 1.807) is 6.07 Å². The number of amides is 1. The third-order valence-corrected chi connectivity index (χ3v) is 2.15. The second-order valence-corrected chi connectivity index (χ2v) is 3.63. The first-order chi connectivity index (χ1) is 7.15. The van der Waals surface area contributed by atoms with Gasteiger partial charge in [-0.2, -0.15) is 0 Å². The summed E-state index contributed by atoms with van der Waals surface area (Å²) in [6, 6.07) is 1.59. The van der Waals surface area contributed by atoms with Gasteiger partial charge in [0.2, 0.25) is 5.91 Å². The molecular formula is C9H13N5O. The van der Waals surface area contributed by atoms with Crippen LogP contribution in [-0.2, 0) is 4.79 Å². The highest BCUT2D eigenvalue weighted by molar-refractivity contribution is 5.78. The molecule has 1 aliphatic rings. The van der Waals surface area contributed by atoms with Crippen molar-refractivity contribution in [3.8, 4) is 0 Å². The summed E-state index contributed by atoms with van der Waals surface area (Å²) in [6.07, 6.45) is 2.22. The van der Waals surface area contributed by atoms with Gasteiger partial charge in [-0.3, -0.25) is 4.79 Å². The molecule has 1 saturated carbocycles. The Morgan fingerprint density at radius 1 is 1.53 bits per heavy atom. The van der Waals surface area contributed by atoms with Crippen LogP contribution < -0.4 is 16.8 Å². The number of hydrogen-bond acceptors (Lipinski definition) is 5. The monoisotopic (exact) mass is 207 g/mol. The Labute approximate surface area is 87.1 Å². The highest BCUT2D eigenvalue weighted by Crippen LogP contribution is 2.38. The second kappa shape index (κ2) is 3.72. The molecular weight excluding hydrogens is 194 g/mol. The van der Waals surface area contributed by atoms with Crippen LogP contribution >= 0.6 is 0 Å². The lowest BCUT2D eigenvalue weighted by atomic mass is 10.4. The van der Waals surface area contributed by atoms with Gasteiger partial charge in [0.1, 0.15) is 17.5 Å². The van der Waals surface area contributed by atoms with E-state index in [1.807, 2.05) is 0 Å². The lowest BCUT2D eigenvalue weighted by molar-refractivity contribution is -0.116. The third kappa shape index (κ3) is 2.55. The lowest BCUT2D eigenvalue weighted by Crippen LogP contribution is -2.22. The first kappa shape index (κ1) is 9.70. The van der Waals surface area contributed by atoms with E-state index >= 15 is 0 Å². The van der Waals surface area contributed by atoms with Crippen LogP contribution in [0.15, 0.2) is 6.07 Å². The van der Waals surface area contributed by atoms with E-state index in [9.17, 15) is 4.79 Å². The molecule has 6 nitrogen and oxygen atoms in total. The largest absolute Gasteiger partial charge is 0.384 e. The smallest absolute Gasteiger partial charge is 0.236 e. The zero-order valence-corrected chi connectivity index (χ0v) is 8.23. The fourth-order valence-electron chi connectivity index (χ4n) is 1.28. The van der Waals surface area contributed by atoms with Gasteiger partial charge < -0.3 is 16.8 Å². The van der Waals surface area contributed by atoms with E-state index in [4.69, 9.17) is 11.5 Å². The first-order valence-corrected chi connectivity index (χ1v) is 4.82. The summed E-state index contributed by atoms with van der Waals surface area (Å²) in [5, 5.41) is 2.80. The van der Waals surface area contributed by atoms with Crippen LogP contribution in [0.5, 0.6) is 0 Å². The highest BCUT2D eigenvalue weighted by atomic mass is 16.1. The van der Waals surface area contributed by atoms with Crippen molar-refractivity contribution in [2.45, 2.75) is 18.8 Å². The van der Waals surface area contributed by atoms with Crippen molar-refractivity contribution < 1.29 is 4.79 Å². The van der Waals surface area contributed by atoms with Crippen molar-refractivity contribution in [3.05, 3.63) is 11.9 Å². The second-order valence-electron chi connectivity index (χ2n) is 3.63. The molecule has 0 spiro atoms. The minimum Gasteiger partial charge on any atom is -0.384 e. The molecule has 15 heavy (non-hydrogen) atoms. The molecule has 2 rings (SSSR count). The van der Waals surface area contributed by atoms with Gasteiger partial charge in [0.15, 0.2) is 0 Å². The summed E-state index contributed by atoms with van der Waals surface area (Å²) < 4.78 is 0. The molecule has 0 unspecified atom stereocenters. The average Bonchev–Trinajstić information content (AvgIpc) is 2.97. The number of rotatable bonds is 4. The van der Waals surface area contributed by atoms with Gasteiger partial charge in [0.25, 0.3) is 0 Å². The van der Waals surface area contributed by atoms with Crippen LogP contribution in [0.1, 0.15) is 24.6 Å². The van der Waals surface area contributed by atoms with Gasteiger partial charge in [0, 0.05) is 12.0 Å². The van der Waals surface area contributed by atoms with Gasteiger partial charge in [-0.25, -0.2) is 9.97 Å². The molecule has 0 aliphatic heterocycles. The molecule has 0 atom stereocenters. The predicted octanol–water partition coefficient (Wildman–Crippen LogP) is -0.167. The zero-order chi connectivity index (χ0) is 10.8. The molecule has 80 valence electrons. The van der Waals surface area contributed by atoms with E-state index < -0.39 is 5.91 Å². The minimum atomic E-state index is -0.430. The fraction of sp³-hybridized carbons (Fsp3) is 0.444. The molecule has 0 bridgehead atoms. The quantitative estimate of drug-likeness (QED) is 0.635. The van der Waals surface area contributed by atoms with Crippen molar-refractivity contribution in [3.63, 3.8) is 0 Å². The summed E-state index contributed by atoms with van der Waals surface area (Å²) in [6.45, 7) is 0.0561. The SMILES string of the molecule is NC(=O)CNc1cc(N)nc(C2CC2)n1. The molecule has 1 aliphatic carbocycles.